The molecule has 6 heteroatoms. The van der Waals surface area contributed by atoms with Gasteiger partial charge in [0.2, 0.25) is 0 Å². The SMILES string of the molecule is COC(=O)c1ccc(OCC(=O)N[C@@H](C)c2ccc3c(c2)CCCC3)c(OC)c1. The molecule has 0 aliphatic heterocycles. The smallest absolute Gasteiger partial charge is 0.337 e. The van der Waals surface area contributed by atoms with Crippen molar-refractivity contribution in [2.45, 2.75) is 38.6 Å². The van der Waals surface area contributed by atoms with Gasteiger partial charge in [-0.25, -0.2) is 4.79 Å². The summed E-state index contributed by atoms with van der Waals surface area (Å²) in [6, 6.07) is 11.0. The molecule has 0 fully saturated rings. The molecule has 6 nitrogen and oxygen atoms in total. The highest BCUT2D eigenvalue weighted by atomic mass is 16.5. The molecule has 0 aromatic heterocycles. The Morgan fingerprint density at radius 2 is 1.76 bits per heavy atom. The molecule has 0 saturated carbocycles. The zero-order chi connectivity index (χ0) is 20.8. The van der Waals surface area contributed by atoms with E-state index in [0.29, 0.717) is 17.1 Å². The van der Waals surface area contributed by atoms with Crippen molar-refractivity contribution in [2.24, 2.45) is 0 Å². The number of carbonyl (C=O) groups is 2. The van der Waals surface area contributed by atoms with Crippen LogP contribution in [-0.4, -0.2) is 32.7 Å². The van der Waals surface area contributed by atoms with E-state index in [4.69, 9.17) is 14.2 Å². The number of methoxy groups -OCH3 is 2. The van der Waals surface area contributed by atoms with Crippen molar-refractivity contribution in [1.82, 2.24) is 5.32 Å². The number of aryl methyl sites for hydroxylation is 2. The van der Waals surface area contributed by atoms with E-state index in [-0.39, 0.29) is 18.6 Å². The van der Waals surface area contributed by atoms with Gasteiger partial charge in [0, 0.05) is 0 Å². The van der Waals surface area contributed by atoms with Gasteiger partial charge >= 0.3 is 5.97 Å². The van der Waals surface area contributed by atoms with Crippen molar-refractivity contribution < 1.29 is 23.8 Å². The summed E-state index contributed by atoms with van der Waals surface area (Å²) in [6.45, 7) is 1.82. The van der Waals surface area contributed by atoms with E-state index in [0.717, 1.165) is 18.4 Å². The number of fused-ring (bicyclic) bond motifs is 1. The molecule has 1 N–H and O–H groups in total. The Labute approximate surface area is 171 Å². The molecule has 2 aromatic rings. The topological polar surface area (TPSA) is 73.9 Å². The van der Waals surface area contributed by atoms with E-state index in [2.05, 4.69) is 23.5 Å². The van der Waals surface area contributed by atoms with Crippen molar-refractivity contribution in [3.8, 4) is 11.5 Å². The third-order valence-corrected chi connectivity index (χ3v) is 5.19. The molecule has 0 unspecified atom stereocenters. The highest BCUT2D eigenvalue weighted by molar-refractivity contribution is 5.90. The number of rotatable bonds is 7. The highest BCUT2D eigenvalue weighted by Gasteiger charge is 2.16. The summed E-state index contributed by atoms with van der Waals surface area (Å²) in [5.41, 5.74) is 4.26. The minimum Gasteiger partial charge on any atom is -0.493 e. The fourth-order valence-electron chi connectivity index (χ4n) is 3.56. The van der Waals surface area contributed by atoms with Crippen LogP contribution in [-0.2, 0) is 22.4 Å². The van der Waals surface area contributed by atoms with Gasteiger partial charge in [-0.2, -0.15) is 0 Å². The molecule has 2 aromatic carbocycles. The minimum absolute atomic E-state index is 0.109. The summed E-state index contributed by atoms with van der Waals surface area (Å²) in [5.74, 6) is 0.0564. The van der Waals surface area contributed by atoms with E-state index >= 15 is 0 Å². The van der Waals surface area contributed by atoms with E-state index in [1.807, 2.05) is 6.92 Å². The van der Waals surface area contributed by atoms with Gasteiger partial charge in [0.25, 0.3) is 5.91 Å². The first-order valence-corrected chi connectivity index (χ1v) is 9.82. The lowest BCUT2D eigenvalue weighted by molar-refractivity contribution is -0.123. The van der Waals surface area contributed by atoms with Crippen LogP contribution in [0.4, 0.5) is 0 Å². The fourth-order valence-corrected chi connectivity index (χ4v) is 3.56. The predicted octanol–water partition coefficient (Wildman–Crippen LogP) is 3.62. The Morgan fingerprint density at radius 3 is 2.48 bits per heavy atom. The van der Waals surface area contributed by atoms with E-state index in [1.54, 1.807) is 12.1 Å². The van der Waals surface area contributed by atoms with Crippen LogP contribution in [0, 0.1) is 0 Å². The quantitative estimate of drug-likeness (QED) is 0.723. The van der Waals surface area contributed by atoms with Crippen LogP contribution < -0.4 is 14.8 Å². The van der Waals surface area contributed by atoms with E-state index in [1.165, 1.54) is 44.3 Å². The lowest BCUT2D eigenvalue weighted by atomic mass is 9.89. The second kappa shape index (κ2) is 9.45. The molecule has 0 saturated heterocycles. The molecule has 0 bridgehead atoms. The molecular formula is C23H27NO5. The summed E-state index contributed by atoms with van der Waals surface area (Å²) >= 11 is 0. The predicted molar refractivity (Wildman–Crippen MR) is 109 cm³/mol. The van der Waals surface area contributed by atoms with Gasteiger partial charge < -0.3 is 19.5 Å². The molecule has 1 aliphatic carbocycles. The maximum atomic E-state index is 12.4. The lowest BCUT2D eigenvalue weighted by Crippen LogP contribution is -2.31. The van der Waals surface area contributed by atoms with Crippen LogP contribution in [0.5, 0.6) is 11.5 Å². The summed E-state index contributed by atoms with van der Waals surface area (Å²) in [7, 11) is 2.79. The number of carbonyl (C=O) groups excluding carboxylic acids is 2. The number of esters is 1. The van der Waals surface area contributed by atoms with Crippen LogP contribution in [0.3, 0.4) is 0 Å². The van der Waals surface area contributed by atoms with E-state index in [9.17, 15) is 9.59 Å². The maximum absolute atomic E-state index is 12.4. The average molecular weight is 397 g/mol. The van der Waals surface area contributed by atoms with Gasteiger partial charge in [0.15, 0.2) is 18.1 Å². The number of nitrogens with one attached hydrogen (secondary N) is 1. The van der Waals surface area contributed by atoms with Gasteiger partial charge in [-0.05, 0) is 67.5 Å². The maximum Gasteiger partial charge on any atom is 0.337 e. The van der Waals surface area contributed by atoms with Gasteiger partial charge in [-0.15, -0.1) is 0 Å². The van der Waals surface area contributed by atoms with Crippen LogP contribution in [0.1, 0.15) is 52.9 Å². The van der Waals surface area contributed by atoms with Crippen LogP contribution >= 0.6 is 0 Å². The number of hydrogen-bond acceptors (Lipinski definition) is 5. The van der Waals surface area contributed by atoms with E-state index < -0.39 is 5.97 Å². The Balaban J connectivity index is 1.59. The first-order valence-electron chi connectivity index (χ1n) is 9.82. The number of benzene rings is 2. The normalized spacial score (nSPS) is 13.8. The first kappa shape index (κ1) is 20.7. The third kappa shape index (κ3) is 5.08. The Morgan fingerprint density at radius 1 is 1.00 bits per heavy atom. The van der Waals surface area contributed by atoms with Crippen LogP contribution in [0.2, 0.25) is 0 Å². The largest absolute Gasteiger partial charge is 0.493 e. The van der Waals surface area contributed by atoms with Gasteiger partial charge in [0.05, 0.1) is 25.8 Å². The molecule has 1 atom stereocenters. The summed E-state index contributed by atoms with van der Waals surface area (Å²) < 4.78 is 15.5. The minimum atomic E-state index is -0.466. The van der Waals surface area contributed by atoms with Gasteiger partial charge in [-0.1, -0.05) is 18.2 Å². The molecular weight excluding hydrogens is 370 g/mol. The molecule has 1 amide bonds. The second-order valence-corrected chi connectivity index (χ2v) is 7.17. The summed E-state index contributed by atoms with van der Waals surface area (Å²) in [5, 5.41) is 2.97. The number of hydrogen-bond donors (Lipinski definition) is 1. The first-order chi connectivity index (χ1) is 14.0. The average Bonchev–Trinajstić information content (AvgIpc) is 2.76. The Kier molecular flexibility index (Phi) is 6.75. The fraction of sp³-hybridized carbons (Fsp3) is 0.391. The van der Waals surface area contributed by atoms with Crippen LogP contribution in [0.25, 0.3) is 0 Å². The molecule has 29 heavy (non-hydrogen) atoms. The Bertz CT molecular complexity index is 893. The zero-order valence-corrected chi connectivity index (χ0v) is 17.1. The second-order valence-electron chi connectivity index (χ2n) is 7.17. The monoisotopic (exact) mass is 397 g/mol. The van der Waals surface area contributed by atoms with Crippen molar-refractivity contribution in [2.75, 3.05) is 20.8 Å². The Hall–Kier alpha value is -3.02. The van der Waals surface area contributed by atoms with Gasteiger partial charge in [-0.3, -0.25) is 4.79 Å². The molecule has 0 spiro atoms. The van der Waals surface area contributed by atoms with Crippen molar-refractivity contribution in [3.63, 3.8) is 0 Å². The van der Waals surface area contributed by atoms with Crippen molar-refractivity contribution in [1.29, 1.82) is 0 Å². The van der Waals surface area contributed by atoms with Crippen molar-refractivity contribution >= 4 is 11.9 Å². The number of amides is 1. The molecule has 154 valence electrons. The lowest BCUT2D eigenvalue weighted by Gasteiger charge is -2.20. The standard InChI is InChI=1S/C23H27NO5/c1-15(17-9-8-16-6-4-5-7-18(16)12-17)24-22(25)14-29-20-11-10-19(23(26)28-3)13-21(20)27-2/h8-13,15H,4-7,14H2,1-3H3,(H,24,25)/t15-/m0/s1. The van der Waals surface area contributed by atoms with Gasteiger partial charge in [0.1, 0.15) is 0 Å². The molecule has 1 aliphatic rings. The molecule has 0 radical (unpaired) electrons. The molecule has 3 rings (SSSR count). The molecule has 0 heterocycles. The highest BCUT2D eigenvalue weighted by Crippen LogP contribution is 2.28. The zero-order valence-electron chi connectivity index (χ0n) is 17.1. The third-order valence-electron chi connectivity index (χ3n) is 5.19. The summed E-state index contributed by atoms with van der Waals surface area (Å²) in [4.78, 5) is 24.0. The summed E-state index contributed by atoms with van der Waals surface area (Å²) in [6.07, 6.45) is 4.72. The number of ether oxygens (including phenoxy) is 3. The van der Waals surface area contributed by atoms with Crippen LogP contribution in [0.15, 0.2) is 36.4 Å². The van der Waals surface area contributed by atoms with Crippen molar-refractivity contribution in [3.05, 3.63) is 58.7 Å².